The van der Waals surface area contributed by atoms with E-state index in [0.717, 1.165) is 32.2 Å². The van der Waals surface area contributed by atoms with Crippen LogP contribution in [0.1, 0.15) is 38.5 Å². The Labute approximate surface area is 120 Å². The summed E-state index contributed by atoms with van der Waals surface area (Å²) in [5, 5.41) is 3.05. The summed E-state index contributed by atoms with van der Waals surface area (Å²) in [6.07, 6.45) is 8.86. The first-order chi connectivity index (χ1) is 9.65. The van der Waals surface area contributed by atoms with Gasteiger partial charge in [-0.3, -0.25) is 14.5 Å². The number of amides is 2. The van der Waals surface area contributed by atoms with Gasteiger partial charge in [-0.1, -0.05) is 11.6 Å². The maximum Gasteiger partial charge on any atom is 0.231 e. The standard InChI is InChI=1S/C15H25N3O2/c16-14(19)11-18-8-4-7-13(10-18)15(20)17-9-12-5-2-1-3-6-12/h5,13H,1-4,6-11H2,(H2,16,19)(H,17,20). The van der Waals surface area contributed by atoms with Gasteiger partial charge < -0.3 is 11.1 Å². The Morgan fingerprint density at radius 2 is 2.20 bits per heavy atom. The molecule has 0 spiro atoms. The molecule has 5 heteroatoms. The maximum absolute atomic E-state index is 12.2. The van der Waals surface area contributed by atoms with Gasteiger partial charge in [-0.2, -0.15) is 0 Å². The summed E-state index contributed by atoms with van der Waals surface area (Å²) in [5.74, 6) is -0.212. The zero-order chi connectivity index (χ0) is 14.4. The number of carbonyl (C=O) groups excluding carboxylic acids is 2. The minimum Gasteiger partial charge on any atom is -0.369 e. The number of nitrogens with zero attached hydrogens (tertiary/aromatic N) is 1. The predicted octanol–water partition coefficient (Wildman–Crippen LogP) is 0.800. The van der Waals surface area contributed by atoms with Crippen molar-refractivity contribution in [3.8, 4) is 0 Å². The summed E-state index contributed by atoms with van der Waals surface area (Å²) >= 11 is 0. The largest absolute Gasteiger partial charge is 0.369 e. The maximum atomic E-state index is 12.2. The normalized spacial score (nSPS) is 24.0. The molecule has 1 heterocycles. The summed E-state index contributed by atoms with van der Waals surface area (Å²) in [5.41, 5.74) is 6.57. The number of nitrogens with one attached hydrogen (secondary N) is 1. The lowest BCUT2D eigenvalue weighted by atomic mass is 9.96. The van der Waals surface area contributed by atoms with E-state index in [9.17, 15) is 9.59 Å². The van der Waals surface area contributed by atoms with Crippen molar-refractivity contribution >= 4 is 11.8 Å². The summed E-state index contributed by atoms with van der Waals surface area (Å²) in [4.78, 5) is 25.1. The van der Waals surface area contributed by atoms with Gasteiger partial charge in [0.05, 0.1) is 12.5 Å². The van der Waals surface area contributed by atoms with E-state index in [4.69, 9.17) is 5.73 Å². The Morgan fingerprint density at radius 3 is 2.90 bits per heavy atom. The van der Waals surface area contributed by atoms with Crippen LogP contribution in [0, 0.1) is 5.92 Å². The van der Waals surface area contributed by atoms with Crippen LogP contribution in [0.2, 0.25) is 0 Å². The highest BCUT2D eigenvalue weighted by Crippen LogP contribution is 2.18. The molecule has 0 radical (unpaired) electrons. The molecule has 1 fully saturated rings. The van der Waals surface area contributed by atoms with Crippen LogP contribution in [0.3, 0.4) is 0 Å². The molecule has 0 aromatic carbocycles. The molecular formula is C15H25N3O2. The molecule has 0 aromatic heterocycles. The van der Waals surface area contributed by atoms with E-state index < -0.39 is 0 Å². The molecule has 1 unspecified atom stereocenters. The Morgan fingerprint density at radius 1 is 1.35 bits per heavy atom. The van der Waals surface area contributed by atoms with E-state index in [1.165, 1.54) is 18.4 Å². The lowest BCUT2D eigenvalue weighted by Crippen LogP contribution is -2.46. The van der Waals surface area contributed by atoms with Crippen LogP contribution in [-0.4, -0.2) is 42.9 Å². The molecule has 2 amide bonds. The summed E-state index contributed by atoms with van der Waals surface area (Å²) in [6, 6.07) is 0. The second kappa shape index (κ2) is 7.43. The fraction of sp³-hybridized carbons (Fsp3) is 0.733. The van der Waals surface area contributed by atoms with Gasteiger partial charge in [0.2, 0.25) is 11.8 Å². The number of primary amides is 1. The van der Waals surface area contributed by atoms with Crippen LogP contribution in [-0.2, 0) is 9.59 Å². The molecule has 2 rings (SSSR count). The zero-order valence-corrected chi connectivity index (χ0v) is 12.1. The average Bonchev–Trinajstić information content (AvgIpc) is 2.45. The molecule has 0 saturated carbocycles. The van der Waals surface area contributed by atoms with Crippen molar-refractivity contribution in [1.29, 1.82) is 0 Å². The quantitative estimate of drug-likeness (QED) is 0.731. The van der Waals surface area contributed by atoms with Gasteiger partial charge in [0.1, 0.15) is 0 Å². The minimum atomic E-state index is -0.321. The highest BCUT2D eigenvalue weighted by Gasteiger charge is 2.26. The van der Waals surface area contributed by atoms with E-state index in [2.05, 4.69) is 11.4 Å². The van der Waals surface area contributed by atoms with Crippen LogP contribution in [0.4, 0.5) is 0 Å². The molecule has 0 bridgehead atoms. The van der Waals surface area contributed by atoms with Crippen LogP contribution >= 0.6 is 0 Å². The Kier molecular flexibility index (Phi) is 5.59. The molecule has 1 atom stereocenters. The highest BCUT2D eigenvalue weighted by molar-refractivity contribution is 5.79. The van der Waals surface area contributed by atoms with Gasteiger partial charge in [-0.15, -0.1) is 0 Å². The number of hydrogen-bond donors (Lipinski definition) is 2. The third-order valence-corrected chi connectivity index (χ3v) is 4.13. The van der Waals surface area contributed by atoms with Gasteiger partial charge in [0.15, 0.2) is 0 Å². The van der Waals surface area contributed by atoms with Crippen molar-refractivity contribution in [2.45, 2.75) is 38.5 Å². The van der Waals surface area contributed by atoms with Crippen LogP contribution in [0.5, 0.6) is 0 Å². The Hall–Kier alpha value is -1.36. The number of rotatable bonds is 5. The molecule has 5 nitrogen and oxygen atoms in total. The Bertz CT molecular complexity index is 393. The first-order valence-electron chi connectivity index (χ1n) is 7.61. The highest BCUT2D eigenvalue weighted by atomic mass is 16.2. The molecule has 1 aliphatic carbocycles. The molecule has 2 aliphatic rings. The van der Waals surface area contributed by atoms with Gasteiger partial charge in [0.25, 0.3) is 0 Å². The van der Waals surface area contributed by atoms with Crippen molar-refractivity contribution in [1.82, 2.24) is 10.2 Å². The van der Waals surface area contributed by atoms with Crippen molar-refractivity contribution in [2.24, 2.45) is 11.7 Å². The van der Waals surface area contributed by atoms with Crippen molar-refractivity contribution in [3.63, 3.8) is 0 Å². The third-order valence-electron chi connectivity index (χ3n) is 4.13. The van der Waals surface area contributed by atoms with Crippen LogP contribution in [0.25, 0.3) is 0 Å². The summed E-state index contributed by atoms with van der Waals surface area (Å²) in [6.45, 7) is 2.45. The van der Waals surface area contributed by atoms with Crippen molar-refractivity contribution < 1.29 is 9.59 Å². The van der Waals surface area contributed by atoms with Crippen LogP contribution < -0.4 is 11.1 Å². The first-order valence-corrected chi connectivity index (χ1v) is 7.61. The van der Waals surface area contributed by atoms with E-state index in [1.807, 2.05) is 4.90 Å². The summed E-state index contributed by atoms with van der Waals surface area (Å²) in [7, 11) is 0. The van der Waals surface area contributed by atoms with Crippen molar-refractivity contribution in [3.05, 3.63) is 11.6 Å². The van der Waals surface area contributed by atoms with E-state index in [1.54, 1.807) is 0 Å². The number of nitrogens with two attached hydrogens (primary N) is 1. The lowest BCUT2D eigenvalue weighted by molar-refractivity contribution is -0.128. The fourth-order valence-corrected chi connectivity index (χ4v) is 3.04. The second-order valence-corrected chi connectivity index (χ2v) is 5.87. The SMILES string of the molecule is NC(=O)CN1CCCC(C(=O)NCC2=CCCCC2)C1. The molecular weight excluding hydrogens is 254 g/mol. The predicted molar refractivity (Wildman–Crippen MR) is 77.9 cm³/mol. The fourth-order valence-electron chi connectivity index (χ4n) is 3.04. The number of piperidine rings is 1. The third kappa shape index (κ3) is 4.63. The van der Waals surface area contributed by atoms with Gasteiger partial charge >= 0.3 is 0 Å². The molecule has 1 saturated heterocycles. The lowest BCUT2D eigenvalue weighted by Gasteiger charge is -2.31. The molecule has 20 heavy (non-hydrogen) atoms. The number of likely N-dealkylation sites (tertiary alicyclic amines) is 1. The topological polar surface area (TPSA) is 75.4 Å². The van der Waals surface area contributed by atoms with Crippen LogP contribution in [0.15, 0.2) is 11.6 Å². The molecule has 3 N–H and O–H groups in total. The minimum absolute atomic E-state index is 0.00714. The second-order valence-electron chi connectivity index (χ2n) is 5.87. The number of carbonyl (C=O) groups is 2. The van der Waals surface area contributed by atoms with E-state index >= 15 is 0 Å². The average molecular weight is 279 g/mol. The first kappa shape index (κ1) is 15.0. The van der Waals surface area contributed by atoms with E-state index in [-0.39, 0.29) is 24.3 Å². The van der Waals surface area contributed by atoms with E-state index in [0.29, 0.717) is 13.1 Å². The number of hydrogen-bond acceptors (Lipinski definition) is 3. The van der Waals surface area contributed by atoms with Gasteiger partial charge in [-0.25, -0.2) is 0 Å². The van der Waals surface area contributed by atoms with Gasteiger partial charge in [-0.05, 0) is 45.1 Å². The summed E-state index contributed by atoms with van der Waals surface area (Å²) < 4.78 is 0. The van der Waals surface area contributed by atoms with Crippen molar-refractivity contribution in [2.75, 3.05) is 26.2 Å². The molecule has 0 aromatic rings. The monoisotopic (exact) mass is 279 g/mol. The smallest absolute Gasteiger partial charge is 0.231 e. The zero-order valence-electron chi connectivity index (χ0n) is 12.1. The molecule has 1 aliphatic heterocycles. The van der Waals surface area contributed by atoms with Gasteiger partial charge in [0, 0.05) is 13.1 Å². The Balaban J connectivity index is 1.76. The number of allylic oxidation sites excluding steroid dienone is 1. The molecule has 112 valence electrons.